The van der Waals surface area contributed by atoms with Gasteiger partial charge in [-0.15, -0.1) is 0 Å². The zero-order valence-corrected chi connectivity index (χ0v) is 22.5. The number of nitrogens with one attached hydrogen (secondary N) is 2. The Morgan fingerprint density at radius 2 is 1.62 bits per heavy atom. The standard InChI is InChI=1S/C34H29N3O3/c1-19-13-16-25-29(20(19)2)36-32(40)34(25)33(24-10-5-6-11-26(24)35-31(33)39)28(27-12-7-17-37(27)34)30(38)23-15-14-21-8-3-4-9-22(21)18-23/h3-6,8-11,13-16,18,27-28H,7,12,17H2,1-2H3,(H,35,39)(H,36,40)/t27-,28+,33-,34-/m1/s1. The minimum Gasteiger partial charge on any atom is -0.325 e. The predicted octanol–water partition coefficient (Wildman–Crippen LogP) is 5.47. The monoisotopic (exact) mass is 527 g/mol. The van der Waals surface area contributed by atoms with Gasteiger partial charge < -0.3 is 10.6 Å². The fourth-order valence-corrected chi connectivity index (χ4v) is 8.42. The average molecular weight is 528 g/mol. The van der Waals surface area contributed by atoms with Gasteiger partial charge in [0.05, 0.1) is 5.92 Å². The van der Waals surface area contributed by atoms with E-state index >= 15 is 0 Å². The number of rotatable bonds is 2. The highest BCUT2D eigenvalue weighted by Gasteiger charge is 2.81. The fourth-order valence-electron chi connectivity index (χ4n) is 8.42. The number of hydrogen-bond donors (Lipinski definition) is 2. The lowest BCUT2D eigenvalue weighted by molar-refractivity contribution is -0.137. The summed E-state index contributed by atoms with van der Waals surface area (Å²) in [4.78, 5) is 46.4. The van der Waals surface area contributed by atoms with Gasteiger partial charge >= 0.3 is 0 Å². The number of hydrogen-bond acceptors (Lipinski definition) is 4. The molecule has 4 aliphatic rings. The van der Waals surface area contributed by atoms with E-state index in [0.29, 0.717) is 17.8 Å². The number of aryl methyl sites for hydroxylation is 1. The molecule has 4 aromatic carbocycles. The van der Waals surface area contributed by atoms with E-state index in [-0.39, 0.29) is 23.6 Å². The van der Waals surface area contributed by atoms with Crippen LogP contribution in [0, 0.1) is 19.8 Å². The van der Waals surface area contributed by atoms with E-state index in [1.165, 1.54) is 0 Å². The molecule has 0 aromatic heterocycles. The summed E-state index contributed by atoms with van der Waals surface area (Å²) in [5.41, 5.74) is 2.85. The molecule has 40 heavy (non-hydrogen) atoms. The van der Waals surface area contributed by atoms with Crippen LogP contribution in [0.15, 0.2) is 78.9 Å². The minimum atomic E-state index is -1.42. The number of benzene rings is 4. The molecule has 0 radical (unpaired) electrons. The summed E-state index contributed by atoms with van der Waals surface area (Å²) < 4.78 is 0. The van der Waals surface area contributed by atoms with Crippen LogP contribution in [-0.4, -0.2) is 35.1 Å². The molecule has 0 saturated carbocycles. The number of fused-ring (bicyclic) bond motifs is 8. The first-order valence-corrected chi connectivity index (χ1v) is 14.0. The van der Waals surface area contributed by atoms with Gasteiger partial charge in [-0.3, -0.25) is 19.3 Å². The van der Waals surface area contributed by atoms with Gasteiger partial charge in [-0.2, -0.15) is 0 Å². The summed E-state index contributed by atoms with van der Waals surface area (Å²) in [6, 6.07) is 25.1. The Hall–Kier alpha value is -4.29. The highest BCUT2D eigenvalue weighted by molar-refractivity contribution is 6.21. The molecule has 2 amide bonds. The van der Waals surface area contributed by atoms with Crippen molar-refractivity contribution < 1.29 is 14.4 Å². The second-order valence-electron chi connectivity index (χ2n) is 11.7. The third-order valence-corrected chi connectivity index (χ3v) is 10.1. The zero-order chi connectivity index (χ0) is 27.4. The number of amides is 2. The second kappa shape index (κ2) is 7.89. The summed E-state index contributed by atoms with van der Waals surface area (Å²) in [5, 5.41) is 8.35. The molecule has 0 bridgehead atoms. The number of carbonyl (C=O) groups is 3. The van der Waals surface area contributed by atoms with E-state index in [2.05, 4.69) is 15.5 Å². The SMILES string of the molecule is Cc1ccc2c(c1C)NC(=O)[C@]21N2CCC[C@@H]2[C@@H](C(=O)c2ccc3ccccc3c2)[C@]12C(=O)Nc1ccccc12. The second-order valence-corrected chi connectivity index (χ2v) is 11.7. The van der Waals surface area contributed by atoms with Crippen LogP contribution in [0.1, 0.15) is 45.5 Å². The van der Waals surface area contributed by atoms with Crippen LogP contribution in [0.5, 0.6) is 0 Å². The average Bonchev–Trinajstić information content (AvgIpc) is 3.69. The Balaban J connectivity index is 1.46. The van der Waals surface area contributed by atoms with E-state index < -0.39 is 16.9 Å². The van der Waals surface area contributed by atoms with Crippen molar-refractivity contribution in [3.63, 3.8) is 0 Å². The summed E-state index contributed by atoms with van der Waals surface area (Å²) in [6.07, 6.45) is 1.61. The molecule has 8 rings (SSSR count). The van der Waals surface area contributed by atoms with Crippen LogP contribution in [0.3, 0.4) is 0 Å². The molecule has 6 nitrogen and oxygen atoms in total. The number of ketones is 1. The number of carbonyl (C=O) groups excluding carboxylic acids is 3. The van der Waals surface area contributed by atoms with Crippen molar-refractivity contribution in [3.8, 4) is 0 Å². The Labute approximate surface area is 232 Å². The van der Waals surface area contributed by atoms with Crippen molar-refractivity contribution >= 4 is 39.7 Å². The van der Waals surface area contributed by atoms with Gasteiger partial charge in [-0.25, -0.2) is 0 Å². The summed E-state index contributed by atoms with van der Waals surface area (Å²) in [6.45, 7) is 4.68. The van der Waals surface area contributed by atoms with Gasteiger partial charge in [0.2, 0.25) is 5.91 Å². The zero-order valence-electron chi connectivity index (χ0n) is 22.5. The first kappa shape index (κ1) is 23.6. The van der Waals surface area contributed by atoms with Gasteiger partial charge in [0, 0.05) is 28.5 Å². The maximum Gasteiger partial charge on any atom is 0.251 e. The third kappa shape index (κ3) is 2.56. The largest absolute Gasteiger partial charge is 0.325 e. The quantitative estimate of drug-likeness (QED) is 0.339. The van der Waals surface area contributed by atoms with Crippen molar-refractivity contribution in [1.29, 1.82) is 0 Å². The Bertz CT molecular complexity index is 1810. The van der Waals surface area contributed by atoms with Gasteiger partial charge in [-0.05, 0) is 72.8 Å². The lowest BCUT2D eigenvalue weighted by Crippen LogP contribution is -2.62. The highest BCUT2D eigenvalue weighted by Crippen LogP contribution is 2.68. The van der Waals surface area contributed by atoms with Gasteiger partial charge in [0.1, 0.15) is 11.0 Å². The maximum atomic E-state index is 14.9. The van der Waals surface area contributed by atoms with E-state index in [4.69, 9.17) is 0 Å². The molecular formula is C34H29N3O3. The number of Topliss-reactive ketones (excluding diaryl/α,β-unsaturated/α-hetero) is 1. The van der Waals surface area contributed by atoms with Crippen LogP contribution in [0.4, 0.5) is 11.4 Å². The Kier molecular flexibility index (Phi) is 4.65. The Morgan fingerprint density at radius 3 is 2.48 bits per heavy atom. The van der Waals surface area contributed by atoms with Gasteiger partial charge in [-0.1, -0.05) is 66.7 Å². The van der Waals surface area contributed by atoms with Crippen LogP contribution >= 0.6 is 0 Å². The van der Waals surface area contributed by atoms with Crippen LogP contribution in [0.2, 0.25) is 0 Å². The summed E-state index contributed by atoms with van der Waals surface area (Å²) in [5.74, 6) is -1.32. The normalized spacial score (nSPS) is 28.1. The highest BCUT2D eigenvalue weighted by atomic mass is 16.2. The molecule has 4 atom stereocenters. The minimum absolute atomic E-state index is 0.0866. The number of anilines is 2. The molecule has 2 fully saturated rings. The van der Waals surface area contributed by atoms with E-state index in [1.807, 2.05) is 92.7 Å². The van der Waals surface area contributed by atoms with E-state index in [9.17, 15) is 14.4 Å². The smallest absolute Gasteiger partial charge is 0.251 e. The molecule has 2 spiro atoms. The van der Waals surface area contributed by atoms with Crippen LogP contribution < -0.4 is 10.6 Å². The van der Waals surface area contributed by atoms with Crippen molar-refractivity contribution in [1.82, 2.24) is 4.90 Å². The summed E-state index contributed by atoms with van der Waals surface area (Å²) in [7, 11) is 0. The lowest BCUT2D eigenvalue weighted by atomic mass is 9.57. The van der Waals surface area contributed by atoms with Crippen LogP contribution in [0.25, 0.3) is 10.8 Å². The Morgan fingerprint density at radius 1 is 0.850 bits per heavy atom. The molecular weight excluding hydrogens is 498 g/mol. The maximum absolute atomic E-state index is 14.9. The third-order valence-electron chi connectivity index (χ3n) is 10.1. The lowest BCUT2D eigenvalue weighted by Gasteiger charge is -2.43. The van der Waals surface area contributed by atoms with Crippen molar-refractivity contribution in [2.45, 2.75) is 43.7 Å². The predicted molar refractivity (Wildman–Crippen MR) is 154 cm³/mol. The molecule has 4 heterocycles. The van der Waals surface area contributed by atoms with Crippen molar-refractivity contribution in [3.05, 3.63) is 107 Å². The fraction of sp³-hybridized carbons (Fsp3) is 0.265. The van der Waals surface area contributed by atoms with E-state index in [1.54, 1.807) is 0 Å². The van der Waals surface area contributed by atoms with E-state index in [0.717, 1.165) is 51.6 Å². The molecule has 4 aromatic rings. The topological polar surface area (TPSA) is 78.5 Å². The first-order chi connectivity index (χ1) is 19.4. The first-order valence-electron chi connectivity index (χ1n) is 14.0. The molecule has 0 aliphatic carbocycles. The number of nitrogens with zero attached hydrogens (tertiary/aromatic N) is 1. The number of para-hydroxylation sites is 1. The molecule has 198 valence electrons. The summed E-state index contributed by atoms with van der Waals surface area (Å²) >= 11 is 0. The van der Waals surface area contributed by atoms with Gasteiger partial charge in [0.15, 0.2) is 5.78 Å². The van der Waals surface area contributed by atoms with Crippen molar-refractivity contribution in [2.75, 3.05) is 17.2 Å². The molecule has 6 heteroatoms. The molecule has 2 saturated heterocycles. The molecule has 4 aliphatic heterocycles. The van der Waals surface area contributed by atoms with Crippen molar-refractivity contribution in [2.24, 2.45) is 5.92 Å². The van der Waals surface area contributed by atoms with Gasteiger partial charge in [0.25, 0.3) is 5.91 Å². The molecule has 0 unspecified atom stereocenters. The molecule has 2 N–H and O–H groups in total. The van der Waals surface area contributed by atoms with Crippen LogP contribution in [-0.2, 0) is 20.5 Å².